The van der Waals surface area contributed by atoms with E-state index >= 15 is 0 Å². The van der Waals surface area contributed by atoms with Crippen LogP contribution in [0.5, 0.6) is 0 Å². The highest BCUT2D eigenvalue weighted by Gasteiger charge is 2.22. The Morgan fingerprint density at radius 2 is 2.09 bits per heavy atom. The van der Waals surface area contributed by atoms with Crippen molar-refractivity contribution >= 4 is 17.7 Å². The molecule has 0 fully saturated rings. The van der Waals surface area contributed by atoms with Gasteiger partial charge in [0.05, 0.1) is 6.04 Å². The molecule has 3 rings (SSSR count). The number of amides is 1. The number of hydrogen-bond acceptors (Lipinski definition) is 4. The zero-order chi connectivity index (χ0) is 16.4. The van der Waals surface area contributed by atoms with Crippen LogP contribution in [0.4, 0.5) is 0 Å². The van der Waals surface area contributed by atoms with Crippen LogP contribution >= 0.6 is 11.8 Å². The van der Waals surface area contributed by atoms with Gasteiger partial charge in [0, 0.05) is 30.0 Å². The maximum absolute atomic E-state index is 12.3. The number of thioether (sulfide) groups is 1. The number of nitrogens with one attached hydrogen (secondary N) is 1. The van der Waals surface area contributed by atoms with Crippen LogP contribution in [0.15, 0.2) is 51.0 Å². The quantitative estimate of drug-likeness (QED) is 0.907. The molecule has 0 unspecified atom stereocenters. The Labute approximate surface area is 137 Å². The second-order valence-electron chi connectivity index (χ2n) is 5.42. The molecule has 1 aliphatic heterocycles. The lowest BCUT2D eigenvalue weighted by Gasteiger charge is -2.26. The topological polar surface area (TPSA) is 73.1 Å². The van der Waals surface area contributed by atoms with Crippen molar-refractivity contribution in [3.05, 3.63) is 62.9 Å². The van der Waals surface area contributed by atoms with Crippen molar-refractivity contribution in [1.29, 1.82) is 0 Å². The zero-order valence-electron chi connectivity index (χ0n) is 12.7. The fraction of sp³-hybridized carbons (Fsp3) is 0.312. The standard InChI is InChI=1S/C16H17N3O3S/c1-18-15(21)6-8-19(16(18)22)10-14(20)17-12-7-9-23-13-5-3-2-4-11(12)13/h2-6,8,12H,7,9-10H2,1H3,(H,17,20)/t12-/m0/s1. The van der Waals surface area contributed by atoms with E-state index in [1.54, 1.807) is 11.8 Å². The monoisotopic (exact) mass is 331 g/mol. The Hall–Kier alpha value is -2.28. The van der Waals surface area contributed by atoms with Gasteiger partial charge in [0.25, 0.3) is 5.56 Å². The number of benzene rings is 1. The molecule has 0 bridgehead atoms. The van der Waals surface area contributed by atoms with E-state index in [0.29, 0.717) is 0 Å². The summed E-state index contributed by atoms with van der Waals surface area (Å²) in [5.41, 5.74) is 0.238. The molecule has 1 atom stereocenters. The third kappa shape index (κ3) is 3.24. The molecule has 1 aromatic carbocycles. The summed E-state index contributed by atoms with van der Waals surface area (Å²) in [7, 11) is 1.40. The number of carbonyl (C=O) groups is 1. The third-order valence-corrected chi connectivity index (χ3v) is 4.99. The van der Waals surface area contributed by atoms with Gasteiger partial charge in [-0.3, -0.25) is 18.7 Å². The number of nitrogens with zero attached hydrogens (tertiary/aromatic N) is 2. The molecule has 6 nitrogen and oxygen atoms in total. The van der Waals surface area contributed by atoms with Gasteiger partial charge in [0.15, 0.2) is 0 Å². The molecule has 0 saturated heterocycles. The first-order chi connectivity index (χ1) is 11.1. The van der Waals surface area contributed by atoms with Gasteiger partial charge in [0.1, 0.15) is 6.54 Å². The first-order valence-corrected chi connectivity index (χ1v) is 8.32. The molecule has 7 heteroatoms. The molecule has 0 radical (unpaired) electrons. The lowest BCUT2D eigenvalue weighted by Crippen LogP contribution is -2.41. The van der Waals surface area contributed by atoms with Crippen LogP contribution in [0.25, 0.3) is 0 Å². The van der Waals surface area contributed by atoms with E-state index < -0.39 is 5.69 Å². The van der Waals surface area contributed by atoms with Crippen LogP contribution < -0.4 is 16.6 Å². The SMILES string of the molecule is Cn1c(=O)ccn(CC(=O)N[C@H]2CCSc3ccccc32)c1=O. The maximum atomic E-state index is 12.3. The van der Waals surface area contributed by atoms with Crippen LogP contribution in [0.2, 0.25) is 0 Å². The summed E-state index contributed by atoms with van der Waals surface area (Å²) in [6.45, 7) is -0.0984. The van der Waals surface area contributed by atoms with E-state index in [0.717, 1.165) is 22.3 Å². The van der Waals surface area contributed by atoms with Crippen molar-refractivity contribution in [3.8, 4) is 0 Å². The van der Waals surface area contributed by atoms with Gasteiger partial charge in [-0.15, -0.1) is 11.8 Å². The molecule has 0 spiro atoms. The molecule has 1 aromatic heterocycles. The van der Waals surface area contributed by atoms with Crippen molar-refractivity contribution in [2.24, 2.45) is 7.05 Å². The Morgan fingerprint density at radius 3 is 2.91 bits per heavy atom. The van der Waals surface area contributed by atoms with E-state index in [-0.39, 0.29) is 24.1 Å². The molecule has 0 aliphatic carbocycles. The number of rotatable bonds is 3. The number of hydrogen-bond donors (Lipinski definition) is 1. The average Bonchev–Trinajstić information content (AvgIpc) is 2.56. The second kappa shape index (κ2) is 6.45. The molecular formula is C16H17N3O3S. The Morgan fingerprint density at radius 1 is 1.30 bits per heavy atom. The first kappa shape index (κ1) is 15.6. The van der Waals surface area contributed by atoms with E-state index in [1.165, 1.54) is 28.8 Å². The van der Waals surface area contributed by atoms with Crippen LogP contribution in [-0.4, -0.2) is 20.8 Å². The van der Waals surface area contributed by atoms with Crippen LogP contribution in [0, 0.1) is 0 Å². The van der Waals surface area contributed by atoms with Crippen molar-refractivity contribution in [3.63, 3.8) is 0 Å². The Kier molecular flexibility index (Phi) is 4.38. The van der Waals surface area contributed by atoms with Gasteiger partial charge < -0.3 is 5.32 Å². The molecule has 120 valence electrons. The molecule has 1 aliphatic rings. The smallest absolute Gasteiger partial charge is 0.331 e. The molecule has 2 heterocycles. The molecule has 23 heavy (non-hydrogen) atoms. The van der Waals surface area contributed by atoms with E-state index in [2.05, 4.69) is 11.4 Å². The maximum Gasteiger partial charge on any atom is 0.331 e. The second-order valence-corrected chi connectivity index (χ2v) is 6.56. The largest absolute Gasteiger partial charge is 0.348 e. The molecular weight excluding hydrogens is 314 g/mol. The summed E-state index contributed by atoms with van der Waals surface area (Å²) in [6, 6.07) is 9.26. The van der Waals surface area contributed by atoms with Crippen LogP contribution in [-0.2, 0) is 18.4 Å². The van der Waals surface area contributed by atoms with Gasteiger partial charge in [0.2, 0.25) is 5.91 Å². The molecule has 1 N–H and O–H groups in total. The Balaban J connectivity index is 1.75. The van der Waals surface area contributed by atoms with Crippen LogP contribution in [0.1, 0.15) is 18.0 Å². The van der Waals surface area contributed by atoms with E-state index in [1.807, 2.05) is 18.2 Å². The minimum Gasteiger partial charge on any atom is -0.348 e. The zero-order valence-corrected chi connectivity index (χ0v) is 13.5. The van der Waals surface area contributed by atoms with Gasteiger partial charge in [-0.25, -0.2) is 4.79 Å². The van der Waals surface area contributed by atoms with E-state index in [9.17, 15) is 14.4 Å². The average molecular weight is 331 g/mol. The summed E-state index contributed by atoms with van der Waals surface area (Å²) in [6.07, 6.45) is 2.21. The predicted molar refractivity (Wildman–Crippen MR) is 88.6 cm³/mol. The summed E-state index contributed by atoms with van der Waals surface area (Å²) >= 11 is 1.78. The summed E-state index contributed by atoms with van der Waals surface area (Å²) in [4.78, 5) is 36.8. The summed E-state index contributed by atoms with van der Waals surface area (Å²) < 4.78 is 2.22. The van der Waals surface area contributed by atoms with Crippen LogP contribution in [0.3, 0.4) is 0 Å². The molecule has 1 amide bonds. The van der Waals surface area contributed by atoms with Gasteiger partial charge in [-0.1, -0.05) is 18.2 Å². The Bertz CT molecular complexity index is 856. The lowest BCUT2D eigenvalue weighted by atomic mass is 10.0. The highest BCUT2D eigenvalue weighted by atomic mass is 32.2. The molecule has 0 saturated carbocycles. The number of aromatic nitrogens is 2. The highest BCUT2D eigenvalue weighted by Crippen LogP contribution is 2.35. The highest BCUT2D eigenvalue weighted by molar-refractivity contribution is 7.99. The fourth-order valence-corrected chi connectivity index (χ4v) is 3.75. The third-order valence-electron chi connectivity index (χ3n) is 3.87. The minimum absolute atomic E-state index is 0.0387. The van der Waals surface area contributed by atoms with Crippen molar-refractivity contribution in [1.82, 2.24) is 14.5 Å². The van der Waals surface area contributed by atoms with E-state index in [4.69, 9.17) is 0 Å². The van der Waals surface area contributed by atoms with Crippen molar-refractivity contribution < 1.29 is 4.79 Å². The van der Waals surface area contributed by atoms with Gasteiger partial charge in [-0.05, 0) is 18.1 Å². The number of carbonyl (C=O) groups excluding carboxylic acids is 1. The predicted octanol–water partition coefficient (Wildman–Crippen LogP) is 0.900. The fourth-order valence-electron chi connectivity index (χ4n) is 2.62. The molecule has 2 aromatic rings. The normalized spacial score (nSPS) is 16.7. The van der Waals surface area contributed by atoms with Crippen molar-refractivity contribution in [2.75, 3.05) is 5.75 Å². The minimum atomic E-state index is -0.493. The van der Waals surface area contributed by atoms with Gasteiger partial charge >= 0.3 is 5.69 Å². The number of fused-ring (bicyclic) bond motifs is 1. The lowest BCUT2D eigenvalue weighted by molar-refractivity contribution is -0.122. The summed E-state index contributed by atoms with van der Waals surface area (Å²) in [5, 5.41) is 2.99. The van der Waals surface area contributed by atoms with Crippen molar-refractivity contribution in [2.45, 2.75) is 23.9 Å². The summed E-state index contributed by atoms with van der Waals surface area (Å²) in [5.74, 6) is 0.708. The first-order valence-electron chi connectivity index (χ1n) is 7.34. The van der Waals surface area contributed by atoms with Gasteiger partial charge in [-0.2, -0.15) is 0 Å².